The van der Waals surface area contributed by atoms with Crippen molar-refractivity contribution >= 4 is 27.2 Å². The molecule has 36 heavy (non-hydrogen) atoms. The van der Waals surface area contributed by atoms with Gasteiger partial charge in [0.2, 0.25) is 0 Å². The van der Waals surface area contributed by atoms with Crippen LogP contribution in [0.4, 0.5) is 29.3 Å². The molecule has 186 valence electrons. The van der Waals surface area contributed by atoms with Crippen molar-refractivity contribution in [1.29, 1.82) is 5.26 Å². The fourth-order valence-electron chi connectivity index (χ4n) is 4.45. The summed E-state index contributed by atoms with van der Waals surface area (Å²) in [6.07, 6.45) is -0.645. The van der Waals surface area contributed by atoms with Crippen LogP contribution in [0.2, 0.25) is 0 Å². The van der Waals surface area contributed by atoms with Gasteiger partial charge in [0.25, 0.3) is 0 Å². The fourth-order valence-corrected chi connectivity index (χ4v) is 5.40. The van der Waals surface area contributed by atoms with Crippen molar-refractivity contribution in [2.45, 2.75) is 36.0 Å². The number of fused-ring (bicyclic) bond motifs is 1. The number of nitriles is 1. The van der Waals surface area contributed by atoms with Crippen molar-refractivity contribution in [2.24, 2.45) is 0 Å². The van der Waals surface area contributed by atoms with Crippen molar-refractivity contribution < 1.29 is 31.5 Å². The molecule has 0 bridgehead atoms. The highest BCUT2D eigenvalue weighted by Crippen LogP contribution is 2.50. The second-order valence-electron chi connectivity index (χ2n) is 8.79. The molecule has 5 rings (SSSR count). The third kappa shape index (κ3) is 3.95. The molecule has 1 fully saturated rings. The smallest absolute Gasteiger partial charge is 0.416 e. The summed E-state index contributed by atoms with van der Waals surface area (Å²) in [6.45, 7) is 0. The Bertz CT molecular complexity index is 1550. The van der Waals surface area contributed by atoms with Crippen LogP contribution in [0, 0.1) is 11.3 Å². The number of halogens is 3. The second kappa shape index (κ2) is 8.03. The van der Waals surface area contributed by atoms with Crippen molar-refractivity contribution in [3.8, 4) is 11.9 Å². The quantitative estimate of drug-likeness (QED) is 0.518. The Morgan fingerprint density at radius 3 is 2.50 bits per heavy atom. The molecule has 2 N–H and O–H groups in total. The normalized spacial score (nSPS) is 17.9. The van der Waals surface area contributed by atoms with Gasteiger partial charge in [-0.1, -0.05) is 12.1 Å². The van der Waals surface area contributed by atoms with Crippen LogP contribution in [-0.2, 0) is 16.0 Å². The van der Waals surface area contributed by atoms with Crippen LogP contribution in [-0.4, -0.2) is 30.4 Å². The van der Waals surface area contributed by atoms with E-state index in [0.29, 0.717) is 0 Å². The van der Waals surface area contributed by atoms with Crippen molar-refractivity contribution in [3.05, 3.63) is 70.9 Å². The summed E-state index contributed by atoms with van der Waals surface area (Å²) < 4.78 is 66.8. The Balaban J connectivity index is 1.73. The number of urea groups is 1. The molecule has 1 unspecified atom stereocenters. The van der Waals surface area contributed by atoms with Gasteiger partial charge < -0.3 is 15.0 Å². The van der Waals surface area contributed by atoms with E-state index in [1.54, 1.807) is 4.57 Å². The largest absolute Gasteiger partial charge is 0.494 e. The molecule has 3 aromatic rings. The SMILES string of the molecule is CS(=O)(=O)c1cc(C#N)ccc1C1NC(=O)N(c2cccc(C(F)(F)F)c2)c2cn(C3CC3)c(O)c21. The van der Waals surface area contributed by atoms with Gasteiger partial charge in [-0.05, 0) is 48.7 Å². The molecule has 0 spiro atoms. The van der Waals surface area contributed by atoms with Gasteiger partial charge in [0.1, 0.15) is 0 Å². The van der Waals surface area contributed by atoms with Gasteiger partial charge in [0, 0.05) is 18.5 Å². The van der Waals surface area contributed by atoms with Crippen LogP contribution >= 0.6 is 0 Å². The van der Waals surface area contributed by atoms with Gasteiger partial charge in [0.15, 0.2) is 15.7 Å². The zero-order valence-corrected chi connectivity index (χ0v) is 19.6. The van der Waals surface area contributed by atoms with Gasteiger partial charge in [0.05, 0.1) is 45.1 Å². The maximum Gasteiger partial charge on any atom is 0.416 e. The van der Waals surface area contributed by atoms with Crippen LogP contribution in [0.15, 0.2) is 53.6 Å². The maximum absolute atomic E-state index is 13.4. The zero-order chi connectivity index (χ0) is 26.0. The summed E-state index contributed by atoms with van der Waals surface area (Å²) in [5.74, 6) is -0.224. The van der Waals surface area contributed by atoms with E-state index in [-0.39, 0.29) is 44.9 Å². The number of rotatable bonds is 4. The minimum Gasteiger partial charge on any atom is -0.494 e. The van der Waals surface area contributed by atoms with Crippen molar-refractivity contribution in [3.63, 3.8) is 0 Å². The van der Waals surface area contributed by atoms with E-state index in [4.69, 9.17) is 0 Å². The number of nitrogens with zero attached hydrogens (tertiary/aromatic N) is 3. The number of benzene rings is 2. The van der Waals surface area contributed by atoms with E-state index in [0.717, 1.165) is 36.1 Å². The van der Waals surface area contributed by atoms with E-state index in [2.05, 4.69) is 5.32 Å². The van der Waals surface area contributed by atoms with E-state index in [1.165, 1.54) is 36.5 Å². The molecule has 12 heteroatoms. The summed E-state index contributed by atoms with van der Waals surface area (Å²) >= 11 is 0. The summed E-state index contributed by atoms with van der Waals surface area (Å²) in [6, 6.07) is 8.09. The number of alkyl halides is 3. The molecule has 0 saturated heterocycles. The standard InChI is InChI=1S/C24H19F3N4O4S/c1-36(34,35)19-9-13(11-28)5-8-17(19)21-20-18(12-30(22(20)32)15-6-7-15)31(23(33)29-21)16-4-2-3-14(10-16)24(25,26)27/h2-5,8-10,12,15,21,32H,6-7H2,1H3,(H,29,33). The third-order valence-electron chi connectivity index (χ3n) is 6.25. The predicted octanol–water partition coefficient (Wildman–Crippen LogP) is 4.77. The highest BCUT2D eigenvalue weighted by atomic mass is 32.2. The number of carbonyl (C=O) groups is 1. The molecule has 1 aliphatic carbocycles. The van der Waals surface area contributed by atoms with Crippen molar-refractivity contribution in [2.75, 3.05) is 11.2 Å². The number of aromatic hydroxyl groups is 1. The molecule has 2 aromatic carbocycles. The number of hydrogen-bond acceptors (Lipinski definition) is 5. The molecule has 2 aliphatic rings. The molecular formula is C24H19F3N4O4S. The number of carbonyl (C=O) groups excluding carboxylic acids is 1. The molecular weight excluding hydrogens is 497 g/mol. The van der Waals surface area contributed by atoms with Crippen LogP contribution < -0.4 is 10.2 Å². The van der Waals surface area contributed by atoms with Crippen LogP contribution in [0.5, 0.6) is 5.88 Å². The number of sulfone groups is 1. The highest BCUT2D eigenvalue weighted by Gasteiger charge is 2.41. The van der Waals surface area contributed by atoms with Gasteiger partial charge in [-0.15, -0.1) is 0 Å². The number of anilines is 2. The van der Waals surface area contributed by atoms with Crippen LogP contribution in [0.3, 0.4) is 0 Å². The zero-order valence-electron chi connectivity index (χ0n) is 18.7. The Hall–Kier alpha value is -3.98. The monoisotopic (exact) mass is 516 g/mol. The lowest BCUT2D eigenvalue weighted by Crippen LogP contribution is -2.44. The predicted molar refractivity (Wildman–Crippen MR) is 123 cm³/mol. The first-order chi connectivity index (χ1) is 16.9. The molecule has 1 atom stereocenters. The lowest BCUT2D eigenvalue weighted by molar-refractivity contribution is -0.137. The Kier molecular flexibility index (Phi) is 5.29. The Labute approximate surface area is 204 Å². The maximum atomic E-state index is 13.4. The number of hydrogen-bond donors (Lipinski definition) is 2. The average Bonchev–Trinajstić information content (AvgIpc) is 3.60. The lowest BCUT2D eigenvalue weighted by Gasteiger charge is -2.34. The summed E-state index contributed by atoms with van der Waals surface area (Å²) in [4.78, 5) is 14.2. The first kappa shape index (κ1) is 23.7. The third-order valence-corrected chi connectivity index (χ3v) is 7.40. The first-order valence-electron chi connectivity index (χ1n) is 10.9. The lowest BCUT2D eigenvalue weighted by atomic mass is 9.96. The minimum atomic E-state index is -4.64. The summed E-state index contributed by atoms with van der Waals surface area (Å²) in [5.41, 5.74) is -0.526. The van der Waals surface area contributed by atoms with Crippen LogP contribution in [0.1, 0.15) is 47.2 Å². The van der Waals surface area contributed by atoms with Gasteiger partial charge in [-0.3, -0.25) is 4.90 Å². The fraction of sp³-hybridized carbons (Fsp3) is 0.250. The van der Waals surface area contributed by atoms with Gasteiger partial charge >= 0.3 is 12.2 Å². The van der Waals surface area contributed by atoms with Gasteiger partial charge in [-0.2, -0.15) is 18.4 Å². The first-order valence-corrected chi connectivity index (χ1v) is 12.7. The Morgan fingerprint density at radius 2 is 1.89 bits per heavy atom. The average molecular weight is 517 g/mol. The summed E-state index contributed by atoms with van der Waals surface area (Å²) in [7, 11) is -3.86. The minimum absolute atomic E-state index is 0.0509. The number of amides is 2. The molecule has 1 aromatic heterocycles. The molecule has 1 saturated carbocycles. The van der Waals surface area contributed by atoms with E-state index < -0.39 is 33.6 Å². The van der Waals surface area contributed by atoms with E-state index >= 15 is 0 Å². The molecule has 2 amide bonds. The summed E-state index contributed by atoms with van der Waals surface area (Å²) in [5, 5.41) is 23.0. The van der Waals surface area contributed by atoms with E-state index in [1.807, 2.05) is 6.07 Å². The van der Waals surface area contributed by atoms with Gasteiger partial charge in [-0.25, -0.2) is 13.2 Å². The molecule has 8 nitrogen and oxygen atoms in total. The number of nitrogens with one attached hydrogen (secondary N) is 1. The molecule has 2 heterocycles. The second-order valence-corrected chi connectivity index (χ2v) is 10.8. The highest BCUT2D eigenvalue weighted by molar-refractivity contribution is 7.90. The topological polar surface area (TPSA) is 115 Å². The number of aromatic nitrogens is 1. The van der Waals surface area contributed by atoms with Crippen molar-refractivity contribution in [1.82, 2.24) is 9.88 Å². The van der Waals surface area contributed by atoms with E-state index in [9.17, 15) is 36.8 Å². The molecule has 1 aliphatic heterocycles. The van der Waals surface area contributed by atoms with Crippen LogP contribution in [0.25, 0.3) is 0 Å². The Morgan fingerprint density at radius 1 is 1.17 bits per heavy atom. The molecule has 0 radical (unpaired) electrons.